The number of aromatic amines is 1. The Labute approximate surface area is 204 Å². The third-order valence-corrected chi connectivity index (χ3v) is 7.44. The standard InChI is InChI=1S/C25H28BCl2NO4/c1-24(2)25(3,4)33-26(32-24)16-10-12-21-18(14-16)17(7-6-8-22(30)31-5)23(29-21)15-9-11-19(27)20(28)13-15/h9-14,29H,6-8H2,1-5H3. The first-order valence-corrected chi connectivity index (χ1v) is 11.8. The average molecular weight is 488 g/mol. The number of nitrogens with one attached hydrogen (secondary N) is 1. The Morgan fingerprint density at radius 2 is 1.73 bits per heavy atom. The fourth-order valence-electron chi connectivity index (χ4n) is 4.06. The quantitative estimate of drug-likeness (QED) is 0.345. The van der Waals surface area contributed by atoms with Crippen molar-refractivity contribution < 1.29 is 18.8 Å². The largest absolute Gasteiger partial charge is 0.494 e. The molecule has 1 aliphatic rings. The second-order valence-corrected chi connectivity index (χ2v) is 10.2. The molecule has 0 saturated carbocycles. The summed E-state index contributed by atoms with van der Waals surface area (Å²) in [6.07, 6.45) is 1.70. The summed E-state index contributed by atoms with van der Waals surface area (Å²) in [5.41, 5.74) is 4.11. The third-order valence-electron chi connectivity index (χ3n) is 6.70. The second-order valence-electron chi connectivity index (χ2n) is 9.43. The van der Waals surface area contributed by atoms with Crippen LogP contribution in [-0.2, 0) is 25.3 Å². The number of H-pyrrole nitrogens is 1. The Kier molecular flexibility index (Phi) is 6.58. The minimum Gasteiger partial charge on any atom is -0.469 e. The Morgan fingerprint density at radius 1 is 1.03 bits per heavy atom. The van der Waals surface area contributed by atoms with Crippen molar-refractivity contribution in [2.45, 2.75) is 58.2 Å². The lowest BCUT2D eigenvalue weighted by Gasteiger charge is -2.32. The van der Waals surface area contributed by atoms with Gasteiger partial charge in [-0.25, -0.2) is 0 Å². The van der Waals surface area contributed by atoms with E-state index in [1.807, 2.05) is 52.0 Å². The van der Waals surface area contributed by atoms with Crippen LogP contribution in [0.4, 0.5) is 0 Å². The van der Waals surface area contributed by atoms with Gasteiger partial charge in [-0.15, -0.1) is 0 Å². The van der Waals surface area contributed by atoms with Gasteiger partial charge >= 0.3 is 13.1 Å². The number of carbonyl (C=O) groups is 1. The highest BCUT2D eigenvalue weighted by Gasteiger charge is 2.51. The number of esters is 1. The van der Waals surface area contributed by atoms with Crippen molar-refractivity contribution >= 4 is 52.7 Å². The number of ether oxygens (including phenoxy) is 1. The van der Waals surface area contributed by atoms with Gasteiger partial charge in [0, 0.05) is 23.0 Å². The number of hydrogen-bond donors (Lipinski definition) is 1. The summed E-state index contributed by atoms with van der Waals surface area (Å²) in [6, 6.07) is 11.8. The predicted octanol–water partition coefficient (Wildman–Crippen LogP) is 5.94. The molecule has 174 valence electrons. The van der Waals surface area contributed by atoms with Gasteiger partial charge in [0.1, 0.15) is 0 Å². The molecule has 4 rings (SSSR count). The number of rotatable bonds is 6. The molecule has 33 heavy (non-hydrogen) atoms. The van der Waals surface area contributed by atoms with Crippen LogP contribution in [0.15, 0.2) is 36.4 Å². The first-order valence-electron chi connectivity index (χ1n) is 11.0. The number of hydrogen-bond acceptors (Lipinski definition) is 4. The van der Waals surface area contributed by atoms with Gasteiger partial charge in [0.25, 0.3) is 0 Å². The Hall–Kier alpha value is -1.99. The van der Waals surface area contributed by atoms with E-state index in [1.165, 1.54) is 7.11 Å². The van der Waals surface area contributed by atoms with E-state index in [4.69, 9.17) is 37.2 Å². The molecule has 2 heterocycles. The summed E-state index contributed by atoms with van der Waals surface area (Å²) in [6.45, 7) is 8.18. The SMILES string of the molecule is COC(=O)CCCc1c(-c2ccc(Cl)c(Cl)c2)[nH]c2ccc(B3OC(C)(C)C(C)(C)O3)cc12. The van der Waals surface area contributed by atoms with Crippen LogP contribution >= 0.6 is 23.2 Å². The van der Waals surface area contributed by atoms with Gasteiger partial charge in [0.2, 0.25) is 0 Å². The maximum Gasteiger partial charge on any atom is 0.494 e. The van der Waals surface area contributed by atoms with Crippen LogP contribution in [0.3, 0.4) is 0 Å². The Bertz CT molecular complexity index is 1190. The molecule has 0 bridgehead atoms. The van der Waals surface area contributed by atoms with Crippen LogP contribution in [-0.4, -0.2) is 36.4 Å². The number of fused-ring (bicyclic) bond motifs is 1. The average Bonchev–Trinajstić information content (AvgIpc) is 3.22. The molecule has 0 spiro atoms. The minimum absolute atomic E-state index is 0.219. The van der Waals surface area contributed by atoms with Gasteiger partial charge in [-0.2, -0.15) is 0 Å². The van der Waals surface area contributed by atoms with Crippen molar-refractivity contribution in [1.29, 1.82) is 0 Å². The fraction of sp³-hybridized carbons (Fsp3) is 0.400. The molecule has 2 aromatic carbocycles. The molecular weight excluding hydrogens is 460 g/mol. The summed E-state index contributed by atoms with van der Waals surface area (Å²) < 4.78 is 17.3. The molecular formula is C25H28BCl2NO4. The zero-order valence-electron chi connectivity index (χ0n) is 19.6. The smallest absolute Gasteiger partial charge is 0.469 e. The number of methoxy groups -OCH3 is 1. The molecule has 0 aliphatic carbocycles. The molecule has 0 unspecified atom stereocenters. The van der Waals surface area contributed by atoms with E-state index < -0.39 is 18.3 Å². The van der Waals surface area contributed by atoms with Crippen molar-refractivity contribution in [3.05, 3.63) is 52.0 Å². The summed E-state index contributed by atoms with van der Waals surface area (Å²) in [5.74, 6) is -0.219. The summed E-state index contributed by atoms with van der Waals surface area (Å²) in [4.78, 5) is 15.2. The van der Waals surface area contributed by atoms with Crippen molar-refractivity contribution in [3.63, 3.8) is 0 Å². The maximum absolute atomic E-state index is 11.7. The summed E-state index contributed by atoms with van der Waals surface area (Å²) in [7, 11) is 0.956. The highest BCUT2D eigenvalue weighted by Crippen LogP contribution is 2.38. The van der Waals surface area contributed by atoms with Gasteiger partial charge in [-0.1, -0.05) is 41.4 Å². The number of aryl methyl sites for hydroxylation is 1. The molecule has 0 atom stereocenters. The van der Waals surface area contributed by atoms with Gasteiger partial charge < -0.3 is 19.0 Å². The lowest BCUT2D eigenvalue weighted by molar-refractivity contribution is -0.140. The van der Waals surface area contributed by atoms with Crippen LogP contribution in [0, 0.1) is 0 Å². The molecule has 0 amide bonds. The van der Waals surface area contributed by atoms with Crippen LogP contribution < -0.4 is 5.46 Å². The normalized spacial score (nSPS) is 17.0. The van der Waals surface area contributed by atoms with E-state index in [0.717, 1.165) is 33.2 Å². The lowest BCUT2D eigenvalue weighted by Crippen LogP contribution is -2.41. The summed E-state index contributed by atoms with van der Waals surface area (Å²) in [5, 5.41) is 2.06. The van der Waals surface area contributed by atoms with Crippen molar-refractivity contribution in [2.75, 3.05) is 7.11 Å². The van der Waals surface area contributed by atoms with Crippen molar-refractivity contribution in [1.82, 2.24) is 4.98 Å². The van der Waals surface area contributed by atoms with Gasteiger partial charge in [0.15, 0.2) is 0 Å². The first kappa shape index (κ1) is 24.1. The number of benzene rings is 2. The molecule has 1 aromatic heterocycles. The molecule has 8 heteroatoms. The van der Waals surface area contributed by atoms with E-state index in [1.54, 1.807) is 6.07 Å². The maximum atomic E-state index is 11.7. The molecule has 0 radical (unpaired) electrons. The van der Waals surface area contributed by atoms with Gasteiger partial charge in [-0.05, 0) is 75.3 Å². The fourth-order valence-corrected chi connectivity index (χ4v) is 4.36. The highest BCUT2D eigenvalue weighted by atomic mass is 35.5. The van der Waals surface area contributed by atoms with E-state index >= 15 is 0 Å². The number of halogens is 2. The third kappa shape index (κ3) is 4.67. The van der Waals surface area contributed by atoms with E-state index in [9.17, 15) is 4.79 Å². The molecule has 5 nitrogen and oxygen atoms in total. The minimum atomic E-state index is -0.453. The van der Waals surface area contributed by atoms with E-state index in [2.05, 4.69) is 11.1 Å². The summed E-state index contributed by atoms with van der Waals surface area (Å²) >= 11 is 12.4. The van der Waals surface area contributed by atoms with Crippen LogP contribution in [0.25, 0.3) is 22.2 Å². The molecule has 1 aliphatic heterocycles. The van der Waals surface area contributed by atoms with E-state index in [0.29, 0.717) is 29.3 Å². The second kappa shape index (κ2) is 8.99. The zero-order chi connectivity index (χ0) is 24.0. The van der Waals surface area contributed by atoms with Gasteiger partial charge in [0.05, 0.1) is 28.4 Å². The topological polar surface area (TPSA) is 60.6 Å². The van der Waals surface area contributed by atoms with Crippen LogP contribution in [0.2, 0.25) is 10.0 Å². The number of aromatic nitrogens is 1. The zero-order valence-corrected chi connectivity index (χ0v) is 21.1. The number of carbonyl (C=O) groups excluding carboxylic acids is 1. The first-order chi connectivity index (χ1) is 15.5. The molecule has 1 N–H and O–H groups in total. The Balaban J connectivity index is 1.76. The lowest BCUT2D eigenvalue weighted by atomic mass is 9.78. The van der Waals surface area contributed by atoms with Gasteiger partial charge in [-0.3, -0.25) is 4.79 Å². The molecule has 1 fully saturated rings. The molecule has 1 saturated heterocycles. The highest BCUT2D eigenvalue weighted by molar-refractivity contribution is 6.62. The van der Waals surface area contributed by atoms with Crippen molar-refractivity contribution in [3.8, 4) is 11.3 Å². The predicted molar refractivity (Wildman–Crippen MR) is 134 cm³/mol. The monoisotopic (exact) mass is 487 g/mol. The van der Waals surface area contributed by atoms with Crippen LogP contribution in [0.5, 0.6) is 0 Å². The van der Waals surface area contributed by atoms with Crippen LogP contribution in [0.1, 0.15) is 46.1 Å². The van der Waals surface area contributed by atoms with E-state index in [-0.39, 0.29) is 5.97 Å². The Morgan fingerprint density at radius 3 is 2.36 bits per heavy atom. The van der Waals surface area contributed by atoms with Crippen molar-refractivity contribution in [2.24, 2.45) is 0 Å². The molecule has 3 aromatic rings.